The Kier molecular flexibility index (Phi) is 7.93. The van der Waals surface area contributed by atoms with Crippen LogP contribution in [0.1, 0.15) is 30.5 Å². The summed E-state index contributed by atoms with van der Waals surface area (Å²) in [5, 5.41) is 0.687. The molecular formula is C27H24ClNO3S2. The van der Waals surface area contributed by atoms with Gasteiger partial charge in [0.25, 0.3) is 5.91 Å². The van der Waals surface area contributed by atoms with Gasteiger partial charge in [-0.25, -0.2) is 0 Å². The highest BCUT2D eigenvalue weighted by Crippen LogP contribution is 2.38. The first-order valence-electron chi connectivity index (χ1n) is 11.0. The topological polar surface area (TPSA) is 38.8 Å². The first-order valence-corrected chi connectivity index (χ1v) is 12.6. The Morgan fingerprint density at radius 3 is 2.50 bits per heavy atom. The van der Waals surface area contributed by atoms with Crippen LogP contribution in [-0.2, 0) is 17.8 Å². The van der Waals surface area contributed by atoms with Gasteiger partial charge in [-0.1, -0.05) is 78.9 Å². The van der Waals surface area contributed by atoms with Crippen molar-refractivity contribution in [2.75, 3.05) is 11.5 Å². The van der Waals surface area contributed by atoms with Crippen molar-refractivity contribution in [1.82, 2.24) is 0 Å². The number of ether oxygens (including phenoxy) is 2. The highest BCUT2D eigenvalue weighted by molar-refractivity contribution is 8.27. The monoisotopic (exact) mass is 509 g/mol. The minimum Gasteiger partial charge on any atom is -0.490 e. The predicted molar refractivity (Wildman–Crippen MR) is 145 cm³/mol. The Hall–Kier alpha value is -2.80. The van der Waals surface area contributed by atoms with E-state index in [9.17, 15) is 4.79 Å². The normalized spacial score (nSPS) is 14.7. The second-order valence-corrected chi connectivity index (χ2v) is 9.67. The quantitative estimate of drug-likeness (QED) is 0.235. The minimum absolute atomic E-state index is 0.114. The third kappa shape index (κ3) is 5.46. The van der Waals surface area contributed by atoms with Crippen LogP contribution in [0.5, 0.6) is 11.5 Å². The van der Waals surface area contributed by atoms with E-state index in [1.165, 1.54) is 11.8 Å². The summed E-state index contributed by atoms with van der Waals surface area (Å²) in [5.41, 5.74) is 3.77. The second kappa shape index (κ2) is 11.1. The number of hydrogen-bond donors (Lipinski definition) is 0. The zero-order valence-corrected chi connectivity index (χ0v) is 21.3. The fourth-order valence-electron chi connectivity index (χ4n) is 3.60. The molecule has 4 rings (SSSR count). The smallest absolute Gasteiger partial charge is 0.270 e. The van der Waals surface area contributed by atoms with Gasteiger partial charge in [0.15, 0.2) is 15.8 Å². The van der Waals surface area contributed by atoms with Crippen molar-refractivity contribution < 1.29 is 14.3 Å². The van der Waals surface area contributed by atoms with Crippen LogP contribution >= 0.6 is 35.6 Å². The molecular weight excluding hydrogens is 486 g/mol. The summed E-state index contributed by atoms with van der Waals surface area (Å²) < 4.78 is 12.3. The van der Waals surface area contributed by atoms with Crippen LogP contribution in [0.4, 0.5) is 5.69 Å². The Morgan fingerprint density at radius 1 is 1.00 bits per heavy atom. The maximum atomic E-state index is 13.2. The van der Waals surface area contributed by atoms with Crippen molar-refractivity contribution in [1.29, 1.82) is 0 Å². The van der Waals surface area contributed by atoms with Crippen LogP contribution < -0.4 is 14.4 Å². The van der Waals surface area contributed by atoms with Gasteiger partial charge in [0, 0.05) is 5.02 Å². The lowest BCUT2D eigenvalue weighted by atomic mass is 10.1. The number of hydrogen-bond acceptors (Lipinski definition) is 5. The minimum atomic E-state index is -0.114. The Morgan fingerprint density at radius 2 is 1.76 bits per heavy atom. The van der Waals surface area contributed by atoms with Gasteiger partial charge in [-0.3, -0.25) is 9.69 Å². The van der Waals surface area contributed by atoms with Gasteiger partial charge in [0.2, 0.25) is 0 Å². The lowest BCUT2D eigenvalue weighted by Crippen LogP contribution is -2.28. The van der Waals surface area contributed by atoms with Crippen molar-refractivity contribution >= 4 is 57.6 Å². The summed E-state index contributed by atoms with van der Waals surface area (Å²) >= 11 is 12.8. The maximum Gasteiger partial charge on any atom is 0.270 e. The number of carbonyl (C=O) groups excluding carboxylic acids is 1. The maximum absolute atomic E-state index is 13.2. The fraction of sp³-hybridized carbons (Fsp3) is 0.185. The van der Waals surface area contributed by atoms with Gasteiger partial charge in [-0.15, -0.1) is 0 Å². The SMILES string of the molecule is CCOc1cc(/C=C2\SC(=S)N(c3ccccc3CC)C2=O)ccc1OCc1ccc(Cl)cc1. The van der Waals surface area contributed by atoms with E-state index in [2.05, 4.69) is 6.92 Å². The molecule has 1 fully saturated rings. The third-order valence-corrected chi connectivity index (χ3v) is 6.83. The molecule has 4 nitrogen and oxygen atoms in total. The molecule has 7 heteroatoms. The summed E-state index contributed by atoms with van der Waals surface area (Å²) in [5.74, 6) is 1.15. The fourth-order valence-corrected chi connectivity index (χ4v) is 5.01. The summed E-state index contributed by atoms with van der Waals surface area (Å²) in [6.07, 6.45) is 2.67. The molecule has 0 bridgehead atoms. The summed E-state index contributed by atoms with van der Waals surface area (Å²) in [6.45, 7) is 4.88. The number of amides is 1. The van der Waals surface area contributed by atoms with Gasteiger partial charge in [0.1, 0.15) is 6.61 Å². The van der Waals surface area contributed by atoms with E-state index in [1.54, 1.807) is 4.90 Å². The summed E-state index contributed by atoms with van der Waals surface area (Å²) in [7, 11) is 0. The molecule has 0 atom stereocenters. The number of halogens is 1. The highest BCUT2D eigenvalue weighted by Gasteiger charge is 2.34. The average molecular weight is 510 g/mol. The highest BCUT2D eigenvalue weighted by atomic mass is 35.5. The average Bonchev–Trinajstić information content (AvgIpc) is 3.12. The molecule has 0 saturated carbocycles. The number of nitrogens with zero attached hydrogens (tertiary/aromatic N) is 1. The first-order chi connectivity index (χ1) is 16.5. The van der Waals surface area contributed by atoms with Crippen LogP contribution in [0.25, 0.3) is 6.08 Å². The van der Waals surface area contributed by atoms with E-state index >= 15 is 0 Å². The van der Waals surface area contributed by atoms with Crippen molar-refractivity contribution in [3.05, 3.63) is 93.3 Å². The van der Waals surface area contributed by atoms with Gasteiger partial charge in [-0.05, 0) is 66.4 Å². The van der Waals surface area contributed by atoms with Gasteiger partial charge in [-0.2, -0.15) is 0 Å². The number of thiocarbonyl (C=S) groups is 1. The van der Waals surface area contributed by atoms with E-state index in [-0.39, 0.29) is 5.91 Å². The Balaban J connectivity index is 1.56. The number of anilines is 1. The predicted octanol–water partition coefficient (Wildman–Crippen LogP) is 7.29. The van der Waals surface area contributed by atoms with Gasteiger partial charge >= 0.3 is 0 Å². The Bertz CT molecular complexity index is 1240. The van der Waals surface area contributed by atoms with Gasteiger partial charge < -0.3 is 9.47 Å². The van der Waals surface area contributed by atoms with E-state index in [4.69, 9.17) is 33.3 Å². The Labute approximate surface area is 214 Å². The van der Waals surface area contributed by atoms with E-state index in [0.29, 0.717) is 39.0 Å². The van der Waals surface area contributed by atoms with E-state index in [1.807, 2.05) is 79.7 Å². The zero-order valence-electron chi connectivity index (χ0n) is 18.9. The number of rotatable bonds is 8. The standard InChI is InChI=1S/C27H24ClNO3S2/c1-3-20-7-5-6-8-22(20)29-26(30)25(34-27(29)33)16-19-11-14-23(24(15-19)31-4-2)32-17-18-9-12-21(28)13-10-18/h5-16H,3-4,17H2,1-2H3/b25-16-. The number of para-hydroxylation sites is 1. The molecule has 1 amide bonds. The molecule has 0 unspecified atom stereocenters. The number of benzene rings is 3. The molecule has 0 aliphatic carbocycles. The molecule has 0 aromatic heterocycles. The van der Waals surface area contributed by atoms with Crippen LogP contribution in [0.2, 0.25) is 5.02 Å². The first kappa shape index (κ1) is 24.3. The van der Waals surface area contributed by atoms with Crippen molar-refractivity contribution in [3.8, 4) is 11.5 Å². The van der Waals surface area contributed by atoms with Crippen LogP contribution in [0.15, 0.2) is 71.6 Å². The number of thioether (sulfide) groups is 1. The molecule has 1 aliphatic heterocycles. The molecule has 34 heavy (non-hydrogen) atoms. The number of carbonyl (C=O) groups is 1. The molecule has 1 heterocycles. The molecule has 1 saturated heterocycles. The molecule has 0 N–H and O–H groups in total. The van der Waals surface area contributed by atoms with Crippen molar-refractivity contribution in [2.45, 2.75) is 26.9 Å². The largest absolute Gasteiger partial charge is 0.490 e. The molecule has 3 aromatic rings. The van der Waals surface area contributed by atoms with Crippen molar-refractivity contribution in [3.63, 3.8) is 0 Å². The number of aryl methyl sites for hydroxylation is 1. The zero-order chi connectivity index (χ0) is 24.1. The lowest BCUT2D eigenvalue weighted by molar-refractivity contribution is -0.113. The molecule has 1 aliphatic rings. The van der Waals surface area contributed by atoms with Crippen molar-refractivity contribution in [2.24, 2.45) is 0 Å². The van der Waals surface area contributed by atoms with Crippen LogP contribution in [0, 0.1) is 0 Å². The van der Waals surface area contributed by atoms with Crippen LogP contribution in [0.3, 0.4) is 0 Å². The third-order valence-electron chi connectivity index (χ3n) is 5.28. The molecule has 3 aromatic carbocycles. The van der Waals surface area contributed by atoms with Gasteiger partial charge in [0.05, 0.1) is 17.2 Å². The van der Waals surface area contributed by atoms with E-state index in [0.717, 1.165) is 28.8 Å². The van der Waals surface area contributed by atoms with E-state index < -0.39 is 0 Å². The lowest BCUT2D eigenvalue weighted by Gasteiger charge is -2.18. The second-order valence-electron chi connectivity index (χ2n) is 7.55. The summed E-state index contributed by atoms with van der Waals surface area (Å²) in [4.78, 5) is 15.4. The molecule has 174 valence electrons. The van der Waals surface area contributed by atoms with Crippen LogP contribution in [-0.4, -0.2) is 16.8 Å². The molecule has 0 radical (unpaired) electrons. The summed E-state index contributed by atoms with van der Waals surface area (Å²) in [6, 6.07) is 21.0. The molecule has 0 spiro atoms.